The molecule has 0 atom stereocenters. The minimum atomic E-state index is -0.246. The first kappa shape index (κ1) is 13.1. The first-order valence-electron chi connectivity index (χ1n) is 6.05. The largest absolute Gasteiger partial charge is 0.373 e. The van der Waals surface area contributed by atoms with Crippen LogP contribution in [-0.4, -0.2) is 23.1 Å². The summed E-state index contributed by atoms with van der Waals surface area (Å²) < 4.78 is 4.96. The maximum atomic E-state index is 12.1. The zero-order valence-electron chi connectivity index (χ0n) is 11.2. The first-order chi connectivity index (χ1) is 9.12. The van der Waals surface area contributed by atoms with Crippen LogP contribution in [0.15, 0.2) is 22.7 Å². The molecule has 0 saturated carbocycles. The Morgan fingerprint density at radius 1 is 1.37 bits per heavy atom. The van der Waals surface area contributed by atoms with Gasteiger partial charge in [0.15, 0.2) is 0 Å². The molecule has 19 heavy (non-hydrogen) atoms. The van der Waals surface area contributed by atoms with Gasteiger partial charge in [0.05, 0.1) is 5.69 Å². The third kappa shape index (κ3) is 3.09. The molecule has 6 nitrogen and oxygen atoms in total. The van der Waals surface area contributed by atoms with E-state index in [0.29, 0.717) is 17.3 Å². The van der Waals surface area contributed by atoms with Gasteiger partial charge in [-0.2, -0.15) is 0 Å². The summed E-state index contributed by atoms with van der Waals surface area (Å²) in [5, 5.41) is 9.31. The van der Waals surface area contributed by atoms with Gasteiger partial charge < -0.3 is 9.84 Å². The molecule has 2 aromatic rings. The maximum Gasteiger partial charge on any atom is 0.258 e. The molecule has 0 unspecified atom stereocenters. The number of anilines is 2. The van der Waals surface area contributed by atoms with Crippen LogP contribution in [-0.2, 0) is 6.42 Å². The monoisotopic (exact) mass is 260 g/mol. The van der Waals surface area contributed by atoms with Crippen molar-refractivity contribution in [2.75, 3.05) is 17.7 Å². The summed E-state index contributed by atoms with van der Waals surface area (Å²) >= 11 is 0. The highest BCUT2D eigenvalue weighted by molar-refractivity contribution is 6.04. The number of nitrogens with one attached hydrogen (secondary N) is 2. The number of pyridine rings is 1. The molecule has 0 aromatic carbocycles. The van der Waals surface area contributed by atoms with E-state index in [9.17, 15) is 4.79 Å². The van der Waals surface area contributed by atoms with Crippen LogP contribution < -0.4 is 10.6 Å². The Morgan fingerprint density at radius 3 is 2.74 bits per heavy atom. The molecule has 0 aliphatic carbocycles. The van der Waals surface area contributed by atoms with Gasteiger partial charge in [0.2, 0.25) is 5.88 Å². The van der Waals surface area contributed by atoms with E-state index in [0.717, 1.165) is 17.8 Å². The van der Waals surface area contributed by atoms with Gasteiger partial charge in [-0.3, -0.25) is 10.1 Å². The topological polar surface area (TPSA) is 80.0 Å². The molecule has 2 rings (SSSR count). The second-order valence-corrected chi connectivity index (χ2v) is 4.12. The lowest BCUT2D eigenvalue weighted by atomic mass is 10.2. The molecule has 2 N–H and O–H groups in total. The molecular formula is C13H16N4O2. The van der Waals surface area contributed by atoms with E-state index in [1.165, 1.54) is 0 Å². The van der Waals surface area contributed by atoms with E-state index in [2.05, 4.69) is 20.8 Å². The minimum Gasteiger partial charge on any atom is -0.373 e. The summed E-state index contributed by atoms with van der Waals surface area (Å²) in [6.07, 6.45) is 0.761. The van der Waals surface area contributed by atoms with Crippen molar-refractivity contribution < 1.29 is 9.32 Å². The van der Waals surface area contributed by atoms with E-state index in [1.54, 1.807) is 32.2 Å². The fourth-order valence-corrected chi connectivity index (χ4v) is 1.63. The SMILES string of the molecule is CCc1cc(C(=O)Nc2cc(C)no2)cc(NC)n1. The van der Waals surface area contributed by atoms with Gasteiger partial charge in [-0.25, -0.2) is 4.98 Å². The Morgan fingerprint density at radius 2 is 2.16 bits per heavy atom. The van der Waals surface area contributed by atoms with Gasteiger partial charge in [-0.1, -0.05) is 12.1 Å². The smallest absolute Gasteiger partial charge is 0.258 e. The van der Waals surface area contributed by atoms with Crippen LogP contribution in [0.4, 0.5) is 11.7 Å². The predicted molar refractivity (Wildman–Crippen MR) is 72.4 cm³/mol. The number of hydrogen-bond acceptors (Lipinski definition) is 5. The summed E-state index contributed by atoms with van der Waals surface area (Å²) in [6.45, 7) is 3.78. The third-order valence-electron chi connectivity index (χ3n) is 2.62. The molecule has 2 heterocycles. The van der Waals surface area contributed by atoms with Gasteiger partial charge in [-0.05, 0) is 25.5 Å². The number of aromatic nitrogens is 2. The summed E-state index contributed by atoms with van der Waals surface area (Å²) in [4.78, 5) is 16.4. The average Bonchev–Trinajstić information content (AvgIpc) is 2.83. The lowest BCUT2D eigenvalue weighted by molar-refractivity contribution is 0.102. The Labute approximate surface area is 111 Å². The number of rotatable bonds is 4. The van der Waals surface area contributed by atoms with Crippen molar-refractivity contribution in [3.63, 3.8) is 0 Å². The van der Waals surface area contributed by atoms with Gasteiger partial charge in [0, 0.05) is 24.4 Å². The van der Waals surface area contributed by atoms with Crippen molar-refractivity contribution in [3.05, 3.63) is 35.2 Å². The van der Waals surface area contributed by atoms with Crippen molar-refractivity contribution in [1.29, 1.82) is 0 Å². The van der Waals surface area contributed by atoms with Crippen molar-refractivity contribution in [2.45, 2.75) is 20.3 Å². The number of aryl methyl sites for hydroxylation is 2. The number of hydrogen-bond donors (Lipinski definition) is 2. The molecule has 0 radical (unpaired) electrons. The molecule has 2 aromatic heterocycles. The van der Waals surface area contributed by atoms with E-state index in [-0.39, 0.29) is 5.91 Å². The van der Waals surface area contributed by atoms with Crippen molar-refractivity contribution in [3.8, 4) is 0 Å². The van der Waals surface area contributed by atoms with Crippen LogP contribution in [0, 0.1) is 6.92 Å². The van der Waals surface area contributed by atoms with Gasteiger partial charge in [-0.15, -0.1) is 0 Å². The highest BCUT2D eigenvalue weighted by Gasteiger charge is 2.11. The fourth-order valence-electron chi connectivity index (χ4n) is 1.63. The lowest BCUT2D eigenvalue weighted by Gasteiger charge is -2.07. The van der Waals surface area contributed by atoms with Crippen LogP contribution in [0.2, 0.25) is 0 Å². The van der Waals surface area contributed by atoms with E-state index >= 15 is 0 Å². The van der Waals surface area contributed by atoms with Crippen LogP contribution in [0.1, 0.15) is 28.7 Å². The molecule has 1 amide bonds. The highest BCUT2D eigenvalue weighted by Crippen LogP contribution is 2.14. The number of carbonyl (C=O) groups excluding carboxylic acids is 1. The Hall–Kier alpha value is -2.37. The number of carbonyl (C=O) groups is 1. The van der Waals surface area contributed by atoms with Crippen LogP contribution in [0.5, 0.6) is 0 Å². The molecule has 0 saturated heterocycles. The van der Waals surface area contributed by atoms with Crippen LogP contribution in [0.25, 0.3) is 0 Å². The molecular weight excluding hydrogens is 244 g/mol. The Bertz CT molecular complexity index is 570. The lowest BCUT2D eigenvalue weighted by Crippen LogP contribution is -2.13. The van der Waals surface area contributed by atoms with Crippen LogP contribution in [0.3, 0.4) is 0 Å². The predicted octanol–water partition coefficient (Wildman–Crippen LogP) is 2.23. The minimum absolute atomic E-state index is 0.246. The Balaban J connectivity index is 2.22. The quantitative estimate of drug-likeness (QED) is 0.881. The fraction of sp³-hybridized carbons (Fsp3) is 0.308. The normalized spacial score (nSPS) is 10.3. The molecule has 6 heteroatoms. The molecule has 0 bridgehead atoms. The van der Waals surface area contributed by atoms with Crippen molar-refractivity contribution in [1.82, 2.24) is 10.1 Å². The Kier molecular flexibility index (Phi) is 3.79. The first-order valence-corrected chi connectivity index (χ1v) is 6.05. The molecule has 0 aliphatic heterocycles. The zero-order valence-corrected chi connectivity index (χ0v) is 11.2. The van der Waals surface area contributed by atoms with Crippen molar-refractivity contribution in [2.24, 2.45) is 0 Å². The maximum absolute atomic E-state index is 12.1. The van der Waals surface area contributed by atoms with Gasteiger partial charge >= 0.3 is 0 Å². The zero-order chi connectivity index (χ0) is 13.8. The second-order valence-electron chi connectivity index (χ2n) is 4.12. The van der Waals surface area contributed by atoms with E-state index in [4.69, 9.17) is 4.52 Å². The van der Waals surface area contributed by atoms with Crippen LogP contribution >= 0.6 is 0 Å². The summed E-state index contributed by atoms with van der Waals surface area (Å²) in [5.41, 5.74) is 2.10. The molecule has 0 spiro atoms. The summed E-state index contributed by atoms with van der Waals surface area (Å²) in [7, 11) is 1.77. The van der Waals surface area contributed by atoms with Crippen molar-refractivity contribution >= 4 is 17.6 Å². The molecule has 0 fully saturated rings. The van der Waals surface area contributed by atoms with Gasteiger partial charge in [0.1, 0.15) is 5.82 Å². The molecule has 0 aliphatic rings. The summed E-state index contributed by atoms with van der Waals surface area (Å²) in [6, 6.07) is 5.12. The number of amides is 1. The number of nitrogens with zero attached hydrogens (tertiary/aromatic N) is 2. The van der Waals surface area contributed by atoms with E-state index in [1.807, 2.05) is 6.92 Å². The average molecular weight is 260 g/mol. The second kappa shape index (κ2) is 5.51. The van der Waals surface area contributed by atoms with Gasteiger partial charge in [0.25, 0.3) is 5.91 Å². The highest BCUT2D eigenvalue weighted by atomic mass is 16.5. The third-order valence-corrected chi connectivity index (χ3v) is 2.62. The summed E-state index contributed by atoms with van der Waals surface area (Å²) in [5.74, 6) is 0.756. The van der Waals surface area contributed by atoms with E-state index < -0.39 is 0 Å². The molecule has 100 valence electrons. The standard InChI is InChI=1S/C13H16N4O2/c1-4-10-6-9(7-11(14-3)15-10)13(18)16-12-5-8(2)17-19-12/h5-7H,4H2,1-3H3,(H,14,15)(H,16,18).